The first-order valence-corrected chi connectivity index (χ1v) is 10.6. The van der Waals surface area contributed by atoms with Crippen molar-refractivity contribution in [2.24, 2.45) is 16.8 Å². The van der Waals surface area contributed by atoms with Gasteiger partial charge < -0.3 is 0 Å². The molecule has 0 amide bonds. The Bertz CT molecular complexity index is 402. The highest BCUT2D eigenvalue weighted by atomic mass is 14.8. The lowest BCUT2D eigenvalue weighted by Gasteiger charge is -2.27. The second-order valence-electron chi connectivity index (χ2n) is 8.40. The van der Waals surface area contributed by atoms with Crippen LogP contribution in [0.3, 0.4) is 0 Å². The number of allylic oxidation sites excluding steroid dienone is 2. The zero-order chi connectivity index (χ0) is 15.9. The third-order valence-electron chi connectivity index (χ3n) is 6.55. The molecule has 130 valence electrons. The Morgan fingerprint density at radius 2 is 1.13 bits per heavy atom. The van der Waals surface area contributed by atoms with Gasteiger partial charge in [-0.3, -0.25) is 4.99 Å². The van der Waals surface area contributed by atoms with Crippen LogP contribution in [0.2, 0.25) is 0 Å². The largest absolute Gasteiger partial charge is 0.286 e. The topological polar surface area (TPSA) is 12.4 Å². The summed E-state index contributed by atoms with van der Waals surface area (Å²) < 4.78 is 0. The molecule has 0 aromatic heterocycles. The predicted molar refractivity (Wildman–Crippen MR) is 101 cm³/mol. The van der Waals surface area contributed by atoms with E-state index in [0.717, 1.165) is 11.8 Å². The molecule has 0 atom stereocenters. The van der Waals surface area contributed by atoms with E-state index in [9.17, 15) is 0 Å². The summed E-state index contributed by atoms with van der Waals surface area (Å²) in [6, 6.07) is 0.635. The van der Waals surface area contributed by atoms with E-state index in [-0.39, 0.29) is 0 Å². The van der Waals surface area contributed by atoms with Gasteiger partial charge in [0.05, 0.1) is 6.04 Å². The van der Waals surface area contributed by atoms with Crippen molar-refractivity contribution in [3.8, 4) is 0 Å². The Labute approximate surface area is 144 Å². The van der Waals surface area contributed by atoms with Gasteiger partial charge >= 0.3 is 0 Å². The van der Waals surface area contributed by atoms with Gasteiger partial charge in [0.2, 0.25) is 0 Å². The first-order valence-electron chi connectivity index (χ1n) is 10.6. The lowest BCUT2D eigenvalue weighted by atomic mass is 9.81. The van der Waals surface area contributed by atoms with E-state index in [1.807, 2.05) is 0 Å². The Kier molecular flexibility index (Phi) is 6.78. The lowest BCUT2D eigenvalue weighted by Crippen LogP contribution is -2.21. The fourth-order valence-electron chi connectivity index (χ4n) is 4.99. The van der Waals surface area contributed by atoms with Gasteiger partial charge in [-0.25, -0.2) is 0 Å². The van der Waals surface area contributed by atoms with Crippen LogP contribution in [0.25, 0.3) is 0 Å². The van der Waals surface area contributed by atoms with Crippen molar-refractivity contribution in [1.82, 2.24) is 0 Å². The van der Waals surface area contributed by atoms with Crippen molar-refractivity contribution >= 4 is 5.71 Å². The van der Waals surface area contributed by atoms with Crippen LogP contribution in [-0.4, -0.2) is 11.8 Å². The molecule has 3 aliphatic rings. The average Bonchev–Trinajstić information content (AvgIpc) is 2.63. The van der Waals surface area contributed by atoms with Crippen molar-refractivity contribution in [2.45, 2.75) is 109 Å². The van der Waals surface area contributed by atoms with Gasteiger partial charge in [-0.1, -0.05) is 63.4 Å². The molecule has 3 saturated carbocycles. The summed E-state index contributed by atoms with van der Waals surface area (Å²) in [4.78, 5) is 5.33. The number of hydrogen-bond acceptors (Lipinski definition) is 1. The van der Waals surface area contributed by atoms with Gasteiger partial charge in [0.1, 0.15) is 0 Å². The molecule has 0 spiro atoms. The third-order valence-corrected chi connectivity index (χ3v) is 6.55. The summed E-state index contributed by atoms with van der Waals surface area (Å²) in [5, 5.41) is 0. The normalized spacial score (nSPS) is 27.3. The number of aliphatic imine (C=N–C) groups is 1. The Morgan fingerprint density at radius 3 is 1.70 bits per heavy atom. The van der Waals surface area contributed by atoms with E-state index in [0.29, 0.717) is 6.04 Å². The first-order chi connectivity index (χ1) is 11.3. The molecule has 0 bridgehead atoms. The first kappa shape index (κ1) is 17.2. The van der Waals surface area contributed by atoms with Crippen molar-refractivity contribution in [2.75, 3.05) is 0 Å². The maximum absolute atomic E-state index is 5.33. The maximum atomic E-state index is 5.33. The van der Waals surface area contributed by atoms with Crippen molar-refractivity contribution in [3.63, 3.8) is 0 Å². The highest BCUT2D eigenvalue weighted by Gasteiger charge is 2.22. The monoisotopic (exact) mass is 315 g/mol. The van der Waals surface area contributed by atoms with E-state index >= 15 is 0 Å². The van der Waals surface area contributed by atoms with E-state index < -0.39 is 0 Å². The van der Waals surface area contributed by atoms with E-state index in [2.05, 4.69) is 13.0 Å². The molecule has 1 heteroatoms. The average molecular weight is 316 g/mol. The van der Waals surface area contributed by atoms with Crippen molar-refractivity contribution in [3.05, 3.63) is 11.6 Å². The van der Waals surface area contributed by atoms with E-state index in [4.69, 9.17) is 4.99 Å². The van der Waals surface area contributed by atoms with Crippen LogP contribution in [0.1, 0.15) is 103 Å². The molecular weight excluding hydrogens is 278 g/mol. The molecule has 0 saturated heterocycles. The van der Waals surface area contributed by atoms with Crippen molar-refractivity contribution < 1.29 is 0 Å². The van der Waals surface area contributed by atoms with E-state index in [1.165, 1.54) is 102 Å². The standard InChI is InChI=1S/C22H37N/c1-18(19-11-5-2-6-12-19)17-22(20-13-7-3-8-14-20)23-21-15-9-4-10-16-21/h17,19-21H,2-16H2,1H3. The van der Waals surface area contributed by atoms with E-state index in [1.54, 1.807) is 5.57 Å². The summed E-state index contributed by atoms with van der Waals surface area (Å²) in [7, 11) is 0. The smallest absolute Gasteiger partial charge is 0.0503 e. The quantitative estimate of drug-likeness (QED) is 0.502. The van der Waals surface area contributed by atoms with Crippen LogP contribution < -0.4 is 0 Å². The summed E-state index contributed by atoms with van der Waals surface area (Å²) in [5.74, 6) is 1.62. The molecule has 1 nitrogen and oxygen atoms in total. The molecule has 23 heavy (non-hydrogen) atoms. The molecule has 3 fully saturated rings. The van der Waals surface area contributed by atoms with Gasteiger partial charge in [-0.2, -0.15) is 0 Å². The highest BCUT2D eigenvalue weighted by Crippen LogP contribution is 2.32. The third kappa shape index (κ3) is 5.19. The van der Waals surface area contributed by atoms with Crippen LogP contribution in [0.4, 0.5) is 0 Å². The summed E-state index contributed by atoms with van der Waals surface area (Å²) in [6.45, 7) is 2.40. The van der Waals surface area contributed by atoms with Crippen LogP contribution in [0, 0.1) is 11.8 Å². The molecule has 0 radical (unpaired) electrons. The Balaban J connectivity index is 1.74. The van der Waals surface area contributed by atoms with Crippen molar-refractivity contribution in [1.29, 1.82) is 0 Å². The fraction of sp³-hybridized carbons (Fsp3) is 0.864. The Hall–Kier alpha value is -0.590. The minimum atomic E-state index is 0.635. The fourth-order valence-corrected chi connectivity index (χ4v) is 4.99. The molecular formula is C22H37N. The summed E-state index contributed by atoms with van der Waals surface area (Å²) in [6.07, 6.45) is 23.7. The Morgan fingerprint density at radius 1 is 0.652 bits per heavy atom. The molecule has 0 aliphatic heterocycles. The number of hydrogen-bond donors (Lipinski definition) is 0. The minimum Gasteiger partial charge on any atom is -0.286 e. The second-order valence-corrected chi connectivity index (χ2v) is 8.40. The molecule has 0 N–H and O–H groups in total. The van der Waals surface area contributed by atoms with Gasteiger partial charge in [0.15, 0.2) is 0 Å². The number of nitrogens with zero attached hydrogens (tertiary/aromatic N) is 1. The number of rotatable bonds is 4. The van der Waals surface area contributed by atoms with Gasteiger partial charge in [-0.15, -0.1) is 0 Å². The minimum absolute atomic E-state index is 0.635. The molecule has 0 heterocycles. The zero-order valence-corrected chi connectivity index (χ0v) is 15.4. The summed E-state index contributed by atoms with van der Waals surface area (Å²) in [5.41, 5.74) is 3.14. The molecule has 3 aliphatic carbocycles. The highest BCUT2D eigenvalue weighted by molar-refractivity contribution is 5.97. The predicted octanol–water partition coefficient (Wildman–Crippen LogP) is 6.87. The van der Waals surface area contributed by atoms with Gasteiger partial charge in [-0.05, 0) is 57.4 Å². The maximum Gasteiger partial charge on any atom is 0.0503 e. The summed E-state index contributed by atoms with van der Waals surface area (Å²) >= 11 is 0. The molecule has 0 aromatic rings. The zero-order valence-electron chi connectivity index (χ0n) is 15.4. The SMILES string of the molecule is CC(=CC(=NC1CCCCC1)C1CCCCC1)C1CCCCC1. The molecule has 0 aromatic carbocycles. The van der Waals surface area contributed by atoms with Gasteiger partial charge in [0, 0.05) is 11.6 Å². The van der Waals surface area contributed by atoms with Crippen LogP contribution in [0.5, 0.6) is 0 Å². The van der Waals surface area contributed by atoms with Crippen LogP contribution in [0.15, 0.2) is 16.6 Å². The molecule has 3 rings (SSSR count). The van der Waals surface area contributed by atoms with Gasteiger partial charge in [0.25, 0.3) is 0 Å². The second kappa shape index (κ2) is 9.04. The molecule has 0 unspecified atom stereocenters. The van der Waals surface area contributed by atoms with Crippen LogP contribution >= 0.6 is 0 Å². The lowest BCUT2D eigenvalue weighted by molar-refractivity contribution is 0.402. The van der Waals surface area contributed by atoms with Crippen LogP contribution in [-0.2, 0) is 0 Å².